The monoisotopic (exact) mass is 257 g/mol. The molecule has 0 saturated carbocycles. The van der Waals surface area contributed by atoms with Gasteiger partial charge in [-0.25, -0.2) is 4.98 Å². The maximum absolute atomic E-state index is 11.6. The average molecular weight is 258 g/mol. The summed E-state index contributed by atoms with van der Waals surface area (Å²) in [5, 5.41) is 11.4. The van der Waals surface area contributed by atoms with Gasteiger partial charge in [-0.2, -0.15) is 0 Å². The molecular weight excluding hydrogens is 246 g/mol. The van der Waals surface area contributed by atoms with Crippen molar-refractivity contribution in [3.05, 3.63) is 23.2 Å². The Morgan fingerprint density at radius 3 is 2.76 bits per heavy atom. The first-order valence-corrected chi connectivity index (χ1v) is 5.41. The zero-order valence-corrected chi connectivity index (χ0v) is 9.94. The summed E-state index contributed by atoms with van der Waals surface area (Å²) in [6.45, 7) is 1.79. The number of hydrogen-bond donors (Lipinski definition) is 2. The van der Waals surface area contributed by atoms with Gasteiger partial charge >= 0.3 is 5.97 Å². The molecule has 0 fully saturated rings. The van der Waals surface area contributed by atoms with E-state index in [0.717, 1.165) is 0 Å². The number of halogens is 1. The van der Waals surface area contributed by atoms with E-state index < -0.39 is 17.8 Å². The summed E-state index contributed by atoms with van der Waals surface area (Å²) in [5.41, 5.74) is 0.0674. The number of aliphatic carboxylic acids is 1. The predicted octanol–water partition coefficient (Wildman–Crippen LogP) is 0.971. The zero-order valence-electron chi connectivity index (χ0n) is 9.18. The van der Waals surface area contributed by atoms with Crippen molar-refractivity contribution in [2.75, 3.05) is 6.54 Å². The Morgan fingerprint density at radius 2 is 2.24 bits per heavy atom. The Balaban J connectivity index is 2.58. The van der Waals surface area contributed by atoms with Crippen molar-refractivity contribution >= 4 is 23.5 Å². The molecule has 1 unspecified atom stereocenters. The third kappa shape index (κ3) is 3.99. The molecule has 1 rings (SSSR count). The standard InChI is InChI=1S/C10H12ClN3O3/c1-2-6(10(16)17)3-13-9(15)7-4-12-5-8(11)14-7/h4-6H,2-3H2,1H3,(H,13,15)(H,16,17). The lowest BCUT2D eigenvalue weighted by Gasteiger charge is -2.10. The summed E-state index contributed by atoms with van der Waals surface area (Å²) >= 11 is 5.58. The lowest BCUT2D eigenvalue weighted by Crippen LogP contribution is -2.33. The number of carbonyl (C=O) groups is 2. The molecule has 17 heavy (non-hydrogen) atoms. The fraction of sp³-hybridized carbons (Fsp3) is 0.400. The van der Waals surface area contributed by atoms with Gasteiger partial charge in [-0.15, -0.1) is 0 Å². The fourth-order valence-corrected chi connectivity index (χ4v) is 1.31. The zero-order chi connectivity index (χ0) is 12.8. The van der Waals surface area contributed by atoms with Crippen LogP contribution < -0.4 is 5.32 Å². The molecule has 0 radical (unpaired) electrons. The van der Waals surface area contributed by atoms with E-state index in [0.29, 0.717) is 6.42 Å². The van der Waals surface area contributed by atoms with Crippen molar-refractivity contribution in [2.24, 2.45) is 5.92 Å². The Morgan fingerprint density at radius 1 is 1.53 bits per heavy atom. The molecule has 1 aromatic rings. The number of carboxylic acids is 1. The van der Waals surface area contributed by atoms with Crippen molar-refractivity contribution in [3.63, 3.8) is 0 Å². The van der Waals surface area contributed by atoms with Crippen LogP contribution in [0.25, 0.3) is 0 Å². The SMILES string of the molecule is CCC(CNC(=O)c1cncc(Cl)n1)C(=O)O. The second-order valence-electron chi connectivity index (χ2n) is 3.38. The lowest BCUT2D eigenvalue weighted by molar-refractivity contribution is -0.141. The van der Waals surface area contributed by atoms with E-state index in [2.05, 4.69) is 15.3 Å². The van der Waals surface area contributed by atoms with E-state index in [9.17, 15) is 9.59 Å². The normalized spacial score (nSPS) is 11.9. The van der Waals surface area contributed by atoms with Crippen LogP contribution in [0.15, 0.2) is 12.4 Å². The van der Waals surface area contributed by atoms with Crippen molar-refractivity contribution in [1.82, 2.24) is 15.3 Å². The van der Waals surface area contributed by atoms with Crippen molar-refractivity contribution in [1.29, 1.82) is 0 Å². The number of rotatable bonds is 5. The van der Waals surface area contributed by atoms with Crippen LogP contribution in [0.2, 0.25) is 5.15 Å². The molecule has 0 aliphatic heterocycles. The summed E-state index contributed by atoms with van der Waals surface area (Å²) in [5.74, 6) is -2.03. The maximum atomic E-state index is 11.6. The predicted molar refractivity (Wildman–Crippen MR) is 60.8 cm³/mol. The van der Waals surface area contributed by atoms with Gasteiger partial charge in [0.15, 0.2) is 0 Å². The highest BCUT2D eigenvalue weighted by Crippen LogP contribution is 2.04. The van der Waals surface area contributed by atoms with Gasteiger partial charge in [0.2, 0.25) is 0 Å². The van der Waals surface area contributed by atoms with Crippen LogP contribution in [0.3, 0.4) is 0 Å². The molecule has 2 N–H and O–H groups in total. The molecule has 92 valence electrons. The highest BCUT2D eigenvalue weighted by Gasteiger charge is 2.17. The molecule has 0 spiro atoms. The first-order valence-electron chi connectivity index (χ1n) is 5.03. The molecule has 0 saturated heterocycles. The van der Waals surface area contributed by atoms with Gasteiger partial charge in [-0.05, 0) is 6.42 Å². The van der Waals surface area contributed by atoms with Crippen LogP contribution in [0.4, 0.5) is 0 Å². The Bertz CT molecular complexity index is 425. The first-order chi connectivity index (χ1) is 8.04. The number of carboxylic acid groups (broad SMARTS) is 1. The number of nitrogens with zero attached hydrogens (tertiary/aromatic N) is 2. The second kappa shape index (κ2) is 6.15. The van der Waals surface area contributed by atoms with Gasteiger partial charge in [0, 0.05) is 6.54 Å². The van der Waals surface area contributed by atoms with Crippen LogP contribution in [0, 0.1) is 5.92 Å². The van der Waals surface area contributed by atoms with Gasteiger partial charge in [-0.1, -0.05) is 18.5 Å². The minimum Gasteiger partial charge on any atom is -0.481 e. The van der Waals surface area contributed by atoms with Gasteiger partial charge < -0.3 is 10.4 Å². The highest BCUT2D eigenvalue weighted by molar-refractivity contribution is 6.29. The molecule has 1 aromatic heterocycles. The number of aromatic nitrogens is 2. The third-order valence-corrected chi connectivity index (χ3v) is 2.37. The average Bonchev–Trinajstić information content (AvgIpc) is 2.29. The molecule has 1 atom stereocenters. The largest absolute Gasteiger partial charge is 0.481 e. The molecule has 7 heteroatoms. The van der Waals surface area contributed by atoms with E-state index >= 15 is 0 Å². The van der Waals surface area contributed by atoms with Crippen molar-refractivity contribution < 1.29 is 14.7 Å². The van der Waals surface area contributed by atoms with Crippen LogP contribution in [-0.4, -0.2) is 33.5 Å². The highest BCUT2D eigenvalue weighted by atomic mass is 35.5. The quantitative estimate of drug-likeness (QED) is 0.820. The molecule has 6 nitrogen and oxygen atoms in total. The maximum Gasteiger partial charge on any atom is 0.308 e. The summed E-state index contributed by atoms with van der Waals surface area (Å²) in [6.07, 6.45) is 3.02. The lowest BCUT2D eigenvalue weighted by atomic mass is 10.1. The number of amides is 1. The van der Waals surface area contributed by atoms with E-state index in [1.165, 1.54) is 12.4 Å². The molecular formula is C10H12ClN3O3. The number of carbonyl (C=O) groups excluding carboxylic acids is 1. The van der Waals surface area contributed by atoms with Crippen LogP contribution in [-0.2, 0) is 4.79 Å². The van der Waals surface area contributed by atoms with Crippen LogP contribution >= 0.6 is 11.6 Å². The van der Waals surface area contributed by atoms with Gasteiger partial charge in [0.1, 0.15) is 10.8 Å². The number of hydrogen-bond acceptors (Lipinski definition) is 4. The Kier molecular flexibility index (Phi) is 4.84. The number of nitrogens with one attached hydrogen (secondary N) is 1. The molecule has 0 aliphatic rings. The minimum atomic E-state index is -0.940. The van der Waals surface area contributed by atoms with E-state index in [4.69, 9.17) is 16.7 Å². The van der Waals surface area contributed by atoms with Gasteiger partial charge in [0.05, 0.1) is 18.3 Å². The topological polar surface area (TPSA) is 92.2 Å². The second-order valence-corrected chi connectivity index (χ2v) is 3.77. The van der Waals surface area contributed by atoms with Crippen molar-refractivity contribution in [2.45, 2.75) is 13.3 Å². The summed E-state index contributed by atoms with van der Waals surface area (Å²) in [4.78, 5) is 29.8. The van der Waals surface area contributed by atoms with Gasteiger partial charge in [-0.3, -0.25) is 14.6 Å². The Hall–Kier alpha value is -1.69. The summed E-state index contributed by atoms with van der Waals surface area (Å²) in [6, 6.07) is 0. The van der Waals surface area contributed by atoms with E-state index in [1.807, 2.05) is 0 Å². The van der Waals surface area contributed by atoms with Crippen LogP contribution in [0.1, 0.15) is 23.8 Å². The molecule has 0 bridgehead atoms. The van der Waals surface area contributed by atoms with E-state index in [1.54, 1.807) is 6.92 Å². The summed E-state index contributed by atoms with van der Waals surface area (Å²) in [7, 11) is 0. The fourth-order valence-electron chi connectivity index (χ4n) is 1.16. The molecule has 0 aliphatic carbocycles. The smallest absolute Gasteiger partial charge is 0.308 e. The third-order valence-electron chi connectivity index (χ3n) is 2.19. The van der Waals surface area contributed by atoms with E-state index in [-0.39, 0.29) is 17.4 Å². The molecule has 0 aromatic carbocycles. The van der Waals surface area contributed by atoms with Crippen molar-refractivity contribution in [3.8, 4) is 0 Å². The minimum absolute atomic E-state index is 0.0544. The van der Waals surface area contributed by atoms with Gasteiger partial charge in [0.25, 0.3) is 5.91 Å². The first kappa shape index (κ1) is 13.4. The van der Waals surface area contributed by atoms with Crippen LogP contribution in [0.5, 0.6) is 0 Å². The molecule has 1 heterocycles. The Labute approximate surface area is 103 Å². The summed E-state index contributed by atoms with van der Waals surface area (Å²) < 4.78 is 0. The molecule has 1 amide bonds.